The van der Waals surface area contributed by atoms with Crippen molar-refractivity contribution in [3.05, 3.63) is 84.5 Å². The van der Waals surface area contributed by atoms with Crippen LogP contribution in [0.4, 0.5) is 9.59 Å². The molecule has 6 rings (SSSR count). The highest BCUT2D eigenvalue weighted by Crippen LogP contribution is 2.42. The highest BCUT2D eigenvalue weighted by molar-refractivity contribution is 5.89. The molecule has 14 atom stereocenters. The number of esters is 2. The first-order valence-electron chi connectivity index (χ1n) is 23.3. The van der Waals surface area contributed by atoms with Crippen LogP contribution in [0, 0.1) is 23.7 Å². The van der Waals surface area contributed by atoms with E-state index in [-0.39, 0.29) is 30.7 Å². The Morgan fingerprint density at radius 3 is 2.34 bits per heavy atom. The number of amides is 2. The summed E-state index contributed by atoms with van der Waals surface area (Å²) in [5.41, 5.74) is -1.49. The largest absolute Gasteiger partial charge is 0.458 e. The lowest BCUT2D eigenvalue weighted by Crippen LogP contribution is -2.61. The number of carbonyl (C=O) groups excluding carboxylic acids is 5. The summed E-state index contributed by atoms with van der Waals surface area (Å²) >= 11 is 0. The Hall–Kier alpha value is -5.82. The Balaban J connectivity index is 1.41. The molecule has 68 heavy (non-hydrogen) atoms. The molecule has 3 aromatic rings. The molecule has 3 fully saturated rings. The van der Waals surface area contributed by atoms with Crippen LogP contribution in [0.2, 0.25) is 0 Å². The molecule has 18 nitrogen and oxygen atoms in total. The van der Waals surface area contributed by atoms with E-state index in [0.717, 1.165) is 11.1 Å². The summed E-state index contributed by atoms with van der Waals surface area (Å²) in [6.07, 6.45) is 1.91. The van der Waals surface area contributed by atoms with Crippen molar-refractivity contribution in [1.82, 2.24) is 30.5 Å². The number of nitrogens with zero attached hydrogens (tertiary/aromatic N) is 4. The molecule has 368 valence electrons. The van der Waals surface area contributed by atoms with Gasteiger partial charge >= 0.3 is 24.1 Å². The molecule has 0 unspecified atom stereocenters. The second-order valence-electron chi connectivity index (χ2n) is 18.9. The molecule has 0 radical (unpaired) electrons. The minimum Gasteiger partial charge on any atom is -0.458 e. The number of carbonyl (C=O) groups is 5. The Kier molecular flexibility index (Phi) is 16.7. The van der Waals surface area contributed by atoms with Gasteiger partial charge in [-0.25, -0.2) is 24.4 Å². The average Bonchev–Trinajstić information content (AvgIpc) is 3.64. The van der Waals surface area contributed by atoms with E-state index in [1.807, 2.05) is 56.3 Å². The summed E-state index contributed by atoms with van der Waals surface area (Å²) in [4.78, 5) is 85.0. The quantitative estimate of drug-likeness (QED) is 0.153. The van der Waals surface area contributed by atoms with Crippen molar-refractivity contribution in [2.24, 2.45) is 23.7 Å². The lowest BCUT2D eigenvalue weighted by molar-refractivity contribution is -0.298. The van der Waals surface area contributed by atoms with Crippen LogP contribution in [0.1, 0.15) is 90.6 Å². The summed E-state index contributed by atoms with van der Waals surface area (Å²) in [6, 6.07) is 11.0. The van der Waals surface area contributed by atoms with E-state index < -0.39 is 108 Å². The van der Waals surface area contributed by atoms with E-state index in [2.05, 4.69) is 25.6 Å². The second kappa shape index (κ2) is 22.1. The first kappa shape index (κ1) is 51.6. The van der Waals surface area contributed by atoms with E-state index in [1.165, 1.54) is 18.5 Å². The van der Waals surface area contributed by atoms with Crippen LogP contribution in [0.5, 0.6) is 0 Å². The normalized spacial score (nSPS) is 33.7. The zero-order valence-corrected chi connectivity index (χ0v) is 40.5. The van der Waals surface area contributed by atoms with Crippen molar-refractivity contribution in [2.75, 3.05) is 20.6 Å². The number of likely N-dealkylation sites (N-methyl/N-ethyl adjacent to an activating group) is 1. The summed E-state index contributed by atoms with van der Waals surface area (Å²) < 4.78 is 37.9. The first-order chi connectivity index (χ1) is 32.3. The number of ketones is 1. The maximum atomic E-state index is 14.7. The zero-order chi connectivity index (χ0) is 49.5. The number of nitrogens with one attached hydrogen (secondary N) is 2. The molecule has 2 amide bonds. The van der Waals surface area contributed by atoms with Gasteiger partial charge in [0.15, 0.2) is 17.7 Å². The third kappa shape index (κ3) is 11.7. The predicted octanol–water partition coefficient (Wildman–Crippen LogP) is 5.78. The number of pyridine rings is 1. The van der Waals surface area contributed by atoms with Crippen molar-refractivity contribution in [3.8, 4) is 11.4 Å². The van der Waals surface area contributed by atoms with Gasteiger partial charge in [0.1, 0.15) is 35.8 Å². The molecule has 2 aromatic heterocycles. The summed E-state index contributed by atoms with van der Waals surface area (Å²) in [5.74, 6) is -5.38. The van der Waals surface area contributed by atoms with Gasteiger partial charge in [0.2, 0.25) is 0 Å². The van der Waals surface area contributed by atoms with Gasteiger partial charge in [-0.1, -0.05) is 64.1 Å². The molecule has 0 bridgehead atoms. The van der Waals surface area contributed by atoms with Gasteiger partial charge in [-0.05, 0) is 84.8 Å². The number of rotatable bonds is 11. The number of Topliss-reactive ketones (excluding diaryl/α,β-unsaturated/α-hetero) is 1. The lowest BCUT2D eigenvalue weighted by Gasteiger charge is -2.48. The van der Waals surface area contributed by atoms with Gasteiger partial charge in [0.05, 0.1) is 23.6 Å². The molecule has 0 spiro atoms. The van der Waals surface area contributed by atoms with Gasteiger partial charge in [-0.2, -0.15) is 0 Å². The maximum absolute atomic E-state index is 14.7. The van der Waals surface area contributed by atoms with Crippen LogP contribution in [0.15, 0.2) is 73.3 Å². The van der Waals surface area contributed by atoms with E-state index in [4.69, 9.17) is 28.4 Å². The number of hydrogen-bond donors (Lipinski definition) is 3. The maximum Gasteiger partial charge on any atom is 0.408 e. The van der Waals surface area contributed by atoms with E-state index in [9.17, 15) is 29.1 Å². The number of aliphatic hydroxyl groups excluding tert-OH is 1. The predicted molar refractivity (Wildman–Crippen MR) is 248 cm³/mol. The van der Waals surface area contributed by atoms with Crippen LogP contribution in [-0.4, -0.2) is 136 Å². The minimum atomic E-state index is -1.79. The summed E-state index contributed by atoms with van der Waals surface area (Å²) in [7, 11) is 3.66. The Morgan fingerprint density at radius 2 is 1.69 bits per heavy atom. The van der Waals surface area contributed by atoms with Gasteiger partial charge in [0, 0.05) is 60.7 Å². The number of aromatic nitrogens is 3. The molecule has 18 heteroatoms. The molecule has 5 heterocycles. The zero-order valence-electron chi connectivity index (χ0n) is 40.5. The summed E-state index contributed by atoms with van der Waals surface area (Å²) in [5, 5.41) is 17.4. The molecule has 1 aromatic carbocycles. The second-order valence-corrected chi connectivity index (χ2v) is 18.9. The van der Waals surface area contributed by atoms with Crippen molar-refractivity contribution >= 4 is 36.0 Å². The molecule has 0 saturated carbocycles. The van der Waals surface area contributed by atoms with Crippen LogP contribution in [0.3, 0.4) is 0 Å². The van der Waals surface area contributed by atoms with Crippen molar-refractivity contribution < 1.29 is 57.5 Å². The Morgan fingerprint density at radius 1 is 0.985 bits per heavy atom. The lowest BCUT2D eigenvalue weighted by atomic mass is 9.73. The number of ether oxygens (including phenoxy) is 6. The third-order valence-corrected chi connectivity index (χ3v) is 13.5. The van der Waals surface area contributed by atoms with E-state index in [0.29, 0.717) is 12.2 Å². The van der Waals surface area contributed by atoms with Crippen molar-refractivity contribution in [2.45, 2.75) is 135 Å². The van der Waals surface area contributed by atoms with E-state index in [1.54, 1.807) is 79.1 Å². The minimum absolute atomic E-state index is 0.0321. The van der Waals surface area contributed by atoms with Crippen LogP contribution in [0.25, 0.3) is 17.5 Å². The molecule has 3 aliphatic rings. The smallest absolute Gasteiger partial charge is 0.408 e. The average molecular weight is 943 g/mol. The third-order valence-electron chi connectivity index (χ3n) is 13.5. The van der Waals surface area contributed by atoms with Crippen LogP contribution < -0.4 is 10.6 Å². The SMILES string of the molecule is CC[C@H]1OC(=O)[C@H](C)[C@@H](OC(=O)c2cccnc2)[C@H](C)[C@@H](O[C@@H]2O[C@H](C)C[C@H](N(C)C)[C@H]2O)[C@](C)(OC(=O)NC/C=C/c2ccc(-c3ncccn3)cc2)C[C@@H](C)C(=O)[C@H](C)[C@H]2NC(=O)O[C@@]21C. The first-order valence-corrected chi connectivity index (χ1v) is 23.3. The molecular formula is C50H66N6O12. The van der Waals surface area contributed by atoms with Crippen LogP contribution >= 0.6 is 0 Å². The number of hydrogen-bond acceptors (Lipinski definition) is 16. The Bertz CT molecular complexity index is 2250. The number of cyclic esters (lactones) is 1. The fraction of sp³-hybridized carbons (Fsp3) is 0.560. The highest BCUT2D eigenvalue weighted by Gasteiger charge is 2.58. The van der Waals surface area contributed by atoms with Gasteiger partial charge < -0.3 is 49.1 Å². The van der Waals surface area contributed by atoms with Gasteiger partial charge in [0.25, 0.3) is 0 Å². The molecule has 3 N–H and O–H groups in total. The topological polar surface area (TPSA) is 227 Å². The highest BCUT2D eigenvalue weighted by atomic mass is 16.7. The fourth-order valence-electron chi connectivity index (χ4n) is 9.89. The number of fused-ring (bicyclic) bond motifs is 1. The molecular weight excluding hydrogens is 877 g/mol. The van der Waals surface area contributed by atoms with Gasteiger partial charge in [-0.15, -0.1) is 0 Å². The van der Waals surface area contributed by atoms with Crippen molar-refractivity contribution in [3.63, 3.8) is 0 Å². The van der Waals surface area contributed by atoms with Crippen LogP contribution in [-0.2, 0) is 38.0 Å². The monoisotopic (exact) mass is 942 g/mol. The number of alkyl carbamates (subject to hydrolysis) is 2. The number of aliphatic hydroxyl groups is 1. The standard InChI is InChI=1S/C50H66N6O12/c1-11-37-50(8)41(55-48(62)68-50)30(4)38(57)28(2)26-49(7,67-47(61)54-22-12-15-33-17-19-34(20-18-33)43-52-23-14-24-53-43)42(66-46-39(58)36(56(9)10)25-29(3)63-46)31(5)40(32(6)44(59)64-37)65-45(60)35-16-13-21-51-27-35/h12-21,23-24,27-32,36-37,39-42,46,58H,11,22,25-26H2,1-10H3,(H,54,61)(H,55,62)/b15-12+/t28-,29-,30+,31+,32-,36+,37-,39-,40+,41-,42-,46+,49-,50-/m1/s1. The molecule has 3 aliphatic heterocycles. The fourth-order valence-corrected chi connectivity index (χ4v) is 9.89. The van der Waals surface area contributed by atoms with E-state index >= 15 is 0 Å². The number of benzene rings is 1. The van der Waals surface area contributed by atoms with Crippen molar-refractivity contribution in [1.29, 1.82) is 0 Å². The molecule has 3 saturated heterocycles. The molecule has 0 aliphatic carbocycles. The Labute approximate surface area is 397 Å². The summed E-state index contributed by atoms with van der Waals surface area (Å²) in [6.45, 7) is 13.4. The van der Waals surface area contributed by atoms with Gasteiger partial charge in [-0.3, -0.25) is 14.6 Å².